The zero-order valence-corrected chi connectivity index (χ0v) is 19.9. The van der Waals surface area contributed by atoms with Crippen LogP contribution >= 0.6 is 0 Å². The highest BCUT2D eigenvalue weighted by molar-refractivity contribution is 5.89. The minimum absolute atomic E-state index is 0.0535. The molecule has 0 spiro atoms. The first kappa shape index (κ1) is 24.1. The summed E-state index contributed by atoms with van der Waals surface area (Å²) in [5.74, 6) is 0.886. The van der Waals surface area contributed by atoms with E-state index in [1.807, 2.05) is 55.7 Å². The molecule has 0 N–H and O–H groups in total. The van der Waals surface area contributed by atoms with Gasteiger partial charge in [0.15, 0.2) is 0 Å². The standard InChI is InChI=1S/C25H37N3O4/c1-18(2)28-17-21(16-23(28)30)25(31)27-12-7-11-26(13-14-27)22(29)10-6-15-32-24-19(3)8-5-9-20(24)4/h5,8-9,18,21H,6-7,10-17H2,1-4H3. The van der Waals surface area contributed by atoms with Gasteiger partial charge in [-0.1, -0.05) is 18.2 Å². The van der Waals surface area contributed by atoms with Gasteiger partial charge in [-0.05, 0) is 51.7 Å². The monoisotopic (exact) mass is 443 g/mol. The van der Waals surface area contributed by atoms with Crippen LogP contribution < -0.4 is 4.74 Å². The van der Waals surface area contributed by atoms with E-state index in [4.69, 9.17) is 4.74 Å². The average Bonchev–Trinajstić information content (AvgIpc) is 2.98. The van der Waals surface area contributed by atoms with E-state index >= 15 is 0 Å². The molecule has 2 saturated heterocycles. The Morgan fingerprint density at radius 1 is 1.06 bits per heavy atom. The molecular formula is C25H37N3O4. The number of amides is 3. The summed E-state index contributed by atoms with van der Waals surface area (Å²) in [6.45, 7) is 11.4. The second kappa shape index (κ2) is 10.8. The van der Waals surface area contributed by atoms with Gasteiger partial charge >= 0.3 is 0 Å². The van der Waals surface area contributed by atoms with E-state index in [1.54, 1.807) is 4.90 Å². The van der Waals surface area contributed by atoms with Crippen LogP contribution in [0.2, 0.25) is 0 Å². The van der Waals surface area contributed by atoms with Crippen LogP contribution in [0.1, 0.15) is 50.7 Å². The number of carbonyl (C=O) groups excluding carboxylic acids is 3. The quantitative estimate of drug-likeness (QED) is 0.608. The molecule has 3 amide bonds. The number of rotatable bonds is 7. The molecule has 1 unspecified atom stereocenters. The number of nitrogens with zero attached hydrogens (tertiary/aromatic N) is 3. The molecule has 0 radical (unpaired) electrons. The predicted octanol–water partition coefficient (Wildman–Crippen LogP) is 2.78. The highest BCUT2D eigenvalue weighted by atomic mass is 16.5. The Balaban J connectivity index is 1.43. The van der Waals surface area contributed by atoms with Crippen LogP contribution in [0.3, 0.4) is 0 Å². The van der Waals surface area contributed by atoms with Crippen LogP contribution in [0.4, 0.5) is 0 Å². The molecule has 7 nitrogen and oxygen atoms in total. The first-order chi connectivity index (χ1) is 15.3. The maximum Gasteiger partial charge on any atom is 0.228 e. The molecule has 32 heavy (non-hydrogen) atoms. The fraction of sp³-hybridized carbons (Fsp3) is 0.640. The summed E-state index contributed by atoms with van der Waals surface area (Å²) in [6.07, 6.45) is 2.18. The smallest absolute Gasteiger partial charge is 0.228 e. The lowest BCUT2D eigenvalue weighted by Gasteiger charge is -2.25. The maximum atomic E-state index is 13.0. The Bertz CT molecular complexity index is 818. The van der Waals surface area contributed by atoms with Crippen molar-refractivity contribution in [3.8, 4) is 5.75 Å². The van der Waals surface area contributed by atoms with Gasteiger partial charge in [0.1, 0.15) is 5.75 Å². The summed E-state index contributed by atoms with van der Waals surface area (Å²) in [6, 6.07) is 6.19. The molecule has 0 bridgehead atoms. The number of hydrogen-bond donors (Lipinski definition) is 0. The molecule has 176 valence electrons. The minimum Gasteiger partial charge on any atom is -0.493 e. The molecule has 2 fully saturated rings. The normalized spacial score (nSPS) is 19.5. The first-order valence-corrected chi connectivity index (χ1v) is 11.8. The van der Waals surface area contributed by atoms with Crippen LogP contribution in [0.5, 0.6) is 5.75 Å². The van der Waals surface area contributed by atoms with Crippen LogP contribution in [-0.2, 0) is 14.4 Å². The third kappa shape index (κ3) is 5.81. The number of likely N-dealkylation sites (tertiary alicyclic amines) is 1. The van der Waals surface area contributed by atoms with Crippen molar-refractivity contribution in [2.75, 3.05) is 39.3 Å². The van der Waals surface area contributed by atoms with E-state index in [9.17, 15) is 14.4 Å². The van der Waals surface area contributed by atoms with Crippen molar-refractivity contribution in [3.05, 3.63) is 29.3 Å². The van der Waals surface area contributed by atoms with Crippen LogP contribution in [0.25, 0.3) is 0 Å². The maximum absolute atomic E-state index is 13.0. The number of carbonyl (C=O) groups is 3. The van der Waals surface area contributed by atoms with Gasteiger partial charge < -0.3 is 19.4 Å². The Morgan fingerprint density at radius 3 is 2.38 bits per heavy atom. The van der Waals surface area contributed by atoms with Gasteiger partial charge in [0.25, 0.3) is 0 Å². The van der Waals surface area contributed by atoms with Crippen LogP contribution in [0, 0.1) is 19.8 Å². The van der Waals surface area contributed by atoms with Gasteiger partial charge in [-0.15, -0.1) is 0 Å². The Labute approximate surface area is 191 Å². The van der Waals surface area contributed by atoms with E-state index in [2.05, 4.69) is 0 Å². The molecule has 1 aromatic carbocycles. The molecule has 3 rings (SSSR count). The summed E-state index contributed by atoms with van der Waals surface area (Å²) in [4.78, 5) is 43.3. The Morgan fingerprint density at radius 2 is 1.72 bits per heavy atom. The Kier molecular flexibility index (Phi) is 8.15. The molecule has 1 aromatic rings. The van der Waals surface area contributed by atoms with E-state index < -0.39 is 0 Å². The molecule has 2 heterocycles. The Hall–Kier alpha value is -2.57. The van der Waals surface area contributed by atoms with Crippen molar-refractivity contribution < 1.29 is 19.1 Å². The molecule has 2 aliphatic rings. The van der Waals surface area contributed by atoms with Crippen molar-refractivity contribution >= 4 is 17.7 Å². The minimum atomic E-state index is -0.255. The molecule has 0 aliphatic carbocycles. The van der Waals surface area contributed by atoms with Gasteiger partial charge in [-0.2, -0.15) is 0 Å². The van der Waals surface area contributed by atoms with E-state index in [-0.39, 0.29) is 29.7 Å². The molecule has 0 aromatic heterocycles. The van der Waals surface area contributed by atoms with Crippen molar-refractivity contribution in [1.29, 1.82) is 0 Å². The fourth-order valence-corrected chi connectivity index (χ4v) is 4.62. The van der Waals surface area contributed by atoms with Gasteiger partial charge in [-0.3, -0.25) is 14.4 Å². The number of hydrogen-bond acceptors (Lipinski definition) is 4. The SMILES string of the molecule is Cc1cccc(C)c1OCCCC(=O)N1CCCN(C(=O)C2CC(=O)N(C(C)C)C2)CC1. The molecular weight excluding hydrogens is 406 g/mol. The topological polar surface area (TPSA) is 70.2 Å². The zero-order valence-electron chi connectivity index (χ0n) is 19.9. The second-order valence-corrected chi connectivity index (χ2v) is 9.27. The summed E-state index contributed by atoms with van der Waals surface area (Å²) < 4.78 is 5.91. The summed E-state index contributed by atoms with van der Waals surface area (Å²) in [7, 11) is 0. The lowest BCUT2D eigenvalue weighted by molar-refractivity contribution is -0.136. The van der Waals surface area contributed by atoms with Crippen molar-refractivity contribution in [2.24, 2.45) is 5.92 Å². The summed E-state index contributed by atoms with van der Waals surface area (Å²) >= 11 is 0. The summed E-state index contributed by atoms with van der Waals surface area (Å²) in [5.41, 5.74) is 2.21. The highest BCUT2D eigenvalue weighted by Gasteiger charge is 2.37. The lowest BCUT2D eigenvalue weighted by atomic mass is 10.1. The van der Waals surface area contributed by atoms with Crippen molar-refractivity contribution in [3.63, 3.8) is 0 Å². The zero-order chi connectivity index (χ0) is 23.3. The van der Waals surface area contributed by atoms with Gasteiger partial charge in [0.05, 0.1) is 12.5 Å². The molecule has 1 atom stereocenters. The molecule has 2 aliphatic heterocycles. The number of aryl methyl sites for hydroxylation is 2. The molecule has 0 saturated carbocycles. The number of para-hydroxylation sites is 1. The van der Waals surface area contributed by atoms with Gasteiger partial charge in [0, 0.05) is 51.6 Å². The van der Waals surface area contributed by atoms with E-state index in [0.717, 1.165) is 23.3 Å². The number of ether oxygens (including phenoxy) is 1. The highest BCUT2D eigenvalue weighted by Crippen LogP contribution is 2.24. The third-order valence-electron chi connectivity index (χ3n) is 6.48. The third-order valence-corrected chi connectivity index (χ3v) is 6.48. The number of benzene rings is 1. The van der Waals surface area contributed by atoms with E-state index in [1.165, 1.54) is 0 Å². The fourth-order valence-electron chi connectivity index (χ4n) is 4.62. The van der Waals surface area contributed by atoms with Crippen molar-refractivity contribution in [1.82, 2.24) is 14.7 Å². The van der Waals surface area contributed by atoms with Gasteiger partial charge in [0.2, 0.25) is 17.7 Å². The molecule has 7 heteroatoms. The average molecular weight is 444 g/mol. The van der Waals surface area contributed by atoms with Crippen LogP contribution in [-0.4, -0.2) is 77.8 Å². The largest absolute Gasteiger partial charge is 0.493 e. The van der Waals surface area contributed by atoms with E-state index in [0.29, 0.717) is 58.6 Å². The van der Waals surface area contributed by atoms with Gasteiger partial charge in [-0.25, -0.2) is 0 Å². The first-order valence-electron chi connectivity index (χ1n) is 11.8. The lowest BCUT2D eigenvalue weighted by Crippen LogP contribution is -2.41. The second-order valence-electron chi connectivity index (χ2n) is 9.27. The van der Waals surface area contributed by atoms with Crippen LogP contribution in [0.15, 0.2) is 18.2 Å². The van der Waals surface area contributed by atoms with Crippen molar-refractivity contribution in [2.45, 2.75) is 59.4 Å². The predicted molar refractivity (Wildman–Crippen MR) is 123 cm³/mol. The summed E-state index contributed by atoms with van der Waals surface area (Å²) in [5, 5.41) is 0.